The van der Waals surface area contributed by atoms with Crippen LogP contribution in [-0.4, -0.2) is 44.2 Å². The summed E-state index contributed by atoms with van der Waals surface area (Å²) >= 11 is 6.06. The molecule has 1 aliphatic rings. The third kappa shape index (κ3) is 5.22. The molecule has 182 valence electrons. The molecule has 0 saturated carbocycles. The van der Waals surface area contributed by atoms with Crippen LogP contribution in [0.15, 0.2) is 77.7 Å². The zero-order valence-corrected chi connectivity index (χ0v) is 20.3. The molecule has 3 aromatic carbocycles. The molecule has 0 aromatic heterocycles. The number of imide groups is 1. The van der Waals surface area contributed by atoms with E-state index in [0.29, 0.717) is 16.5 Å². The first-order valence-corrected chi connectivity index (χ1v) is 12.6. The lowest BCUT2D eigenvalue weighted by Gasteiger charge is -2.27. The lowest BCUT2D eigenvalue weighted by molar-refractivity contribution is -0.122. The zero-order chi connectivity index (χ0) is 25.2. The van der Waals surface area contributed by atoms with Crippen LogP contribution in [0.1, 0.15) is 12.0 Å². The van der Waals surface area contributed by atoms with Gasteiger partial charge in [-0.3, -0.25) is 9.59 Å². The molecular formula is C25H22ClFN2O5S. The third-order valence-corrected chi connectivity index (χ3v) is 7.89. The topological polar surface area (TPSA) is 84.0 Å². The highest BCUT2D eigenvalue weighted by Gasteiger charge is 2.46. The Labute approximate surface area is 207 Å². The van der Waals surface area contributed by atoms with E-state index in [2.05, 4.69) is 0 Å². The number of anilines is 1. The van der Waals surface area contributed by atoms with E-state index >= 15 is 0 Å². The van der Waals surface area contributed by atoms with E-state index in [9.17, 15) is 22.4 Å². The minimum atomic E-state index is -4.24. The number of methoxy groups -OCH3 is 1. The van der Waals surface area contributed by atoms with Crippen molar-refractivity contribution in [2.75, 3.05) is 18.6 Å². The van der Waals surface area contributed by atoms with E-state index in [1.54, 1.807) is 48.5 Å². The predicted molar refractivity (Wildman–Crippen MR) is 129 cm³/mol. The Morgan fingerprint density at radius 2 is 1.74 bits per heavy atom. The van der Waals surface area contributed by atoms with E-state index in [1.807, 2.05) is 0 Å². The van der Waals surface area contributed by atoms with Crippen LogP contribution in [0.3, 0.4) is 0 Å². The largest absolute Gasteiger partial charge is 0.497 e. The quantitative estimate of drug-likeness (QED) is 0.422. The molecule has 0 N–H and O–H groups in total. The van der Waals surface area contributed by atoms with Crippen LogP contribution in [0.25, 0.3) is 0 Å². The molecule has 1 aliphatic heterocycles. The molecule has 1 unspecified atom stereocenters. The molecule has 35 heavy (non-hydrogen) atoms. The molecule has 4 rings (SSSR count). The molecule has 1 fully saturated rings. The van der Waals surface area contributed by atoms with Gasteiger partial charge in [0.05, 0.1) is 24.1 Å². The number of amides is 2. The molecule has 1 atom stereocenters. The van der Waals surface area contributed by atoms with E-state index < -0.39 is 33.7 Å². The Kier molecular flexibility index (Phi) is 7.20. The van der Waals surface area contributed by atoms with E-state index in [-0.39, 0.29) is 24.3 Å². The summed E-state index contributed by atoms with van der Waals surface area (Å²) in [5, 5.41) is 0.494. The molecule has 3 aromatic rings. The number of hydrogen-bond acceptors (Lipinski definition) is 5. The molecule has 7 nitrogen and oxygen atoms in total. The van der Waals surface area contributed by atoms with E-state index in [0.717, 1.165) is 39.0 Å². The third-order valence-electron chi connectivity index (χ3n) is 5.73. The Bertz CT molecular complexity index is 1350. The monoisotopic (exact) mass is 516 g/mol. The summed E-state index contributed by atoms with van der Waals surface area (Å²) in [7, 11) is -2.74. The molecule has 0 radical (unpaired) electrons. The van der Waals surface area contributed by atoms with Gasteiger partial charge in [0.15, 0.2) is 0 Å². The number of nitrogens with zero attached hydrogens (tertiary/aromatic N) is 2. The van der Waals surface area contributed by atoms with E-state index in [4.69, 9.17) is 16.3 Å². The molecule has 0 spiro atoms. The Hall–Kier alpha value is -3.27. The van der Waals surface area contributed by atoms with Crippen molar-refractivity contribution in [2.24, 2.45) is 0 Å². The zero-order valence-electron chi connectivity index (χ0n) is 18.7. The number of carbonyl (C=O) groups is 2. The van der Waals surface area contributed by atoms with Crippen LogP contribution < -0.4 is 9.64 Å². The van der Waals surface area contributed by atoms with Crippen molar-refractivity contribution in [1.29, 1.82) is 0 Å². The highest BCUT2D eigenvalue weighted by molar-refractivity contribution is 7.89. The number of ether oxygens (including phenoxy) is 1. The standard InChI is InChI=1S/C25H22ClFN2O5S/c1-34-21-9-7-20(8-10-21)29-24(30)16-23(25(29)31)28(14-13-17-3-2-4-18(26)15-17)35(32,33)22-11-5-19(27)6-12-22/h2-12,15,23H,13-14,16H2,1H3. The molecule has 10 heteroatoms. The highest BCUT2D eigenvalue weighted by Crippen LogP contribution is 2.30. The molecule has 1 saturated heterocycles. The van der Waals surface area contributed by atoms with Crippen molar-refractivity contribution < 1.29 is 27.1 Å². The number of halogens is 2. The minimum absolute atomic E-state index is 0.0831. The number of rotatable bonds is 8. The van der Waals surface area contributed by atoms with Crippen LogP contribution in [0.2, 0.25) is 5.02 Å². The summed E-state index contributed by atoms with van der Waals surface area (Å²) in [6.45, 7) is -0.0831. The van der Waals surface area contributed by atoms with Crippen LogP contribution in [0.4, 0.5) is 10.1 Å². The van der Waals surface area contributed by atoms with Gasteiger partial charge in [-0.15, -0.1) is 0 Å². The maximum atomic E-state index is 13.6. The van der Waals surface area contributed by atoms with Gasteiger partial charge < -0.3 is 4.74 Å². The maximum Gasteiger partial charge on any atom is 0.252 e. The first-order valence-electron chi connectivity index (χ1n) is 10.7. The van der Waals surface area contributed by atoms with Crippen molar-refractivity contribution in [1.82, 2.24) is 4.31 Å². The number of benzene rings is 3. The SMILES string of the molecule is COc1ccc(N2C(=O)CC(N(CCc3cccc(Cl)c3)S(=O)(=O)c3ccc(F)cc3)C2=O)cc1. The highest BCUT2D eigenvalue weighted by atomic mass is 35.5. The summed E-state index contributed by atoms with van der Waals surface area (Å²) < 4.78 is 46.7. The van der Waals surface area contributed by atoms with Crippen LogP contribution >= 0.6 is 11.6 Å². The van der Waals surface area contributed by atoms with Gasteiger partial charge in [-0.2, -0.15) is 4.31 Å². The number of hydrogen-bond donors (Lipinski definition) is 0. The molecule has 2 amide bonds. The first kappa shape index (κ1) is 24.8. The van der Waals surface area contributed by atoms with Crippen molar-refractivity contribution in [2.45, 2.75) is 23.8 Å². The molecule has 0 aliphatic carbocycles. The minimum Gasteiger partial charge on any atom is -0.497 e. The summed E-state index contributed by atoms with van der Waals surface area (Å²) in [5.74, 6) is -1.22. The second kappa shape index (κ2) is 10.2. The van der Waals surface area contributed by atoms with Gasteiger partial charge in [0, 0.05) is 11.6 Å². The summed E-state index contributed by atoms with van der Waals surface area (Å²) in [4.78, 5) is 27.1. The second-order valence-corrected chi connectivity index (χ2v) is 10.3. The molecular weight excluding hydrogens is 495 g/mol. The normalized spacial score (nSPS) is 16.2. The fourth-order valence-electron chi connectivity index (χ4n) is 3.96. The van der Waals surface area contributed by atoms with Gasteiger partial charge in [-0.05, 0) is 72.6 Å². The fraction of sp³-hybridized carbons (Fsp3) is 0.200. The fourth-order valence-corrected chi connectivity index (χ4v) is 5.76. The maximum absolute atomic E-state index is 13.6. The van der Waals surface area contributed by atoms with E-state index in [1.165, 1.54) is 7.11 Å². The van der Waals surface area contributed by atoms with Crippen molar-refractivity contribution in [3.8, 4) is 5.75 Å². The lowest BCUT2D eigenvalue weighted by Crippen LogP contribution is -2.46. The summed E-state index contributed by atoms with van der Waals surface area (Å²) in [5.41, 5.74) is 1.08. The smallest absolute Gasteiger partial charge is 0.252 e. The summed E-state index contributed by atoms with van der Waals surface area (Å²) in [6.07, 6.45) is -0.0671. The van der Waals surface area contributed by atoms with Gasteiger partial charge >= 0.3 is 0 Å². The Balaban J connectivity index is 1.68. The van der Waals surface area contributed by atoms with Crippen molar-refractivity contribution in [3.05, 3.63) is 89.2 Å². The number of carbonyl (C=O) groups excluding carboxylic acids is 2. The predicted octanol–water partition coefficient (Wildman–Crippen LogP) is 4.05. The van der Waals surface area contributed by atoms with Crippen LogP contribution in [0, 0.1) is 5.82 Å². The average molecular weight is 517 g/mol. The van der Waals surface area contributed by atoms with Gasteiger partial charge in [-0.1, -0.05) is 23.7 Å². The molecule has 0 bridgehead atoms. The van der Waals surface area contributed by atoms with Gasteiger partial charge in [0.1, 0.15) is 17.6 Å². The lowest BCUT2D eigenvalue weighted by atomic mass is 10.1. The Morgan fingerprint density at radius 1 is 1.06 bits per heavy atom. The van der Waals surface area contributed by atoms with Crippen molar-refractivity contribution >= 4 is 39.1 Å². The average Bonchev–Trinajstić information content (AvgIpc) is 3.13. The number of sulfonamides is 1. The van der Waals surface area contributed by atoms with Crippen LogP contribution in [-0.2, 0) is 26.0 Å². The van der Waals surface area contributed by atoms with Gasteiger partial charge in [0.2, 0.25) is 15.9 Å². The first-order chi connectivity index (χ1) is 16.7. The second-order valence-electron chi connectivity index (χ2n) is 7.93. The van der Waals surface area contributed by atoms with Crippen LogP contribution in [0.5, 0.6) is 5.75 Å². The van der Waals surface area contributed by atoms with Gasteiger partial charge in [0.25, 0.3) is 5.91 Å². The van der Waals surface area contributed by atoms with Gasteiger partial charge in [-0.25, -0.2) is 17.7 Å². The Morgan fingerprint density at radius 3 is 2.37 bits per heavy atom. The molecule has 1 heterocycles. The van der Waals surface area contributed by atoms with Crippen molar-refractivity contribution in [3.63, 3.8) is 0 Å². The summed E-state index contributed by atoms with van der Waals surface area (Å²) in [6, 6.07) is 16.4.